The quantitative estimate of drug-likeness (QED) is 0.703. The molecule has 0 aliphatic carbocycles. The summed E-state index contributed by atoms with van der Waals surface area (Å²) in [5.74, 6) is 0.378. The van der Waals surface area contributed by atoms with E-state index in [1.54, 1.807) is 23.5 Å². The minimum absolute atomic E-state index is 0.173. The van der Waals surface area contributed by atoms with Crippen LogP contribution in [0.3, 0.4) is 0 Å². The Bertz CT molecular complexity index is 901. The summed E-state index contributed by atoms with van der Waals surface area (Å²) in [5.41, 5.74) is 1.15. The van der Waals surface area contributed by atoms with Crippen molar-refractivity contribution in [1.29, 1.82) is 0 Å². The Morgan fingerprint density at radius 2 is 2.09 bits per heavy atom. The van der Waals surface area contributed by atoms with E-state index in [0.717, 1.165) is 10.7 Å². The largest absolute Gasteiger partial charge is 0.293 e. The van der Waals surface area contributed by atoms with Crippen molar-refractivity contribution in [3.63, 3.8) is 0 Å². The second-order valence-corrected chi connectivity index (χ2v) is 7.03. The summed E-state index contributed by atoms with van der Waals surface area (Å²) in [6.07, 6.45) is 1.50. The van der Waals surface area contributed by atoms with Gasteiger partial charge < -0.3 is 0 Å². The summed E-state index contributed by atoms with van der Waals surface area (Å²) in [6.45, 7) is 4.57. The van der Waals surface area contributed by atoms with Gasteiger partial charge in [-0.2, -0.15) is 0 Å². The van der Waals surface area contributed by atoms with Gasteiger partial charge >= 0.3 is 0 Å². The number of hydrogen-bond acceptors (Lipinski definition) is 4. The number of aromatic nitrogens is 3. The van der Waals surface area contributed by atoms with E-state index < -0.39 is 0 Å². The molecule has 0 N–H and O–H groups in total. The Labute approximate surface area is 141 Å². The van der Waals surface area contributed by atoms with E-state index in [1.807, 2.05) is 5.38 Å². The molecule has 114 valence electrons. The van der Waals surface area contributed by atoms with Gasteiger partial charge in [-0.05, 0) is 12.1 Å². The van der Waals surface area contributed by atoms with Gasteiger partial charge in [0.15, 0.2) is 0 Å². The van der Waals surface area contributed by atoms with Crippen LogP contribution in [-0.2, 0) is 6.54 Å². The fourth-order valence-corrected chi connectivity index (χ4v) is 3.51. The van der Waals surface area contributed by atoms with Crippen LogP contribution in [0.15, 0.2) is 28.6 Å². The van der Waals surface area contributed by atoms with Gasteiger partial charge in [-0.1, -0.05) is 37.0 Å². The SMILES string of the molecule is CC(C)c1nc(Cn2cnc3c(Cl)cc(Cl)cc3c2=O)cs1. The molecule has 22 heavy (non-hydrogen) atoms. The molecule has 0 spiro atoms. The Balaban J connectivity index is 2.04. The van der Waals surface area contributed by atoms with Gasteiger partial charge in [-0.25, -0.2) is 9.97 Å². The number of fused-ring (bicyclic) bond motifs is 1. The van der Waals surface area contributed by atoms with E-state index in [4.69, 9.17) is 23.2 Å². The lowest BCUT2D eigenvalue weighted by Crippen LogP contribution is -2.21. The van der Waals surface area contributed by atoms with Crippen molar-refractivity contribution >= 4 is 45.4 Å². The maximum atomic E-state index is 12.6. The van der Waals surface area contributed by atoms with E-state index in [9.17, 15) is 4.79 Å². The average molecular weight is 354 g/mol. The maximum absolute atomic E-state index is 12.6. The molecule has 0 atom stereocenters. The third kappa shape index (κ3) is 2.89. The van der Waals surface area contributed by atoms with Gasteiger partial charge in [-0.15, -0.1) is 11.3 Å². The van der Waals surface area contributed by atoms with E-state index in [2.05, 4.69) is 23.8 Å². The molecular weight excluding hydrogens is 341 g/mol. The van der Waals surface area contributed by atoms with E-state index in [0.29, 0.717) is 33.4 Å². The zero-order chi connectivity index (χ0) is 15.9. The number of nitrogens with zero attached hydrogens (tertiary/aromatic N) is 3. The smallest absolute Gasteiger partial charge is 0.261 e. The molecule has 0 fully saturated rings. The van der Waals surface area contributed by atoms with Crippen molar-refractivity contribution < 1.29 is 0 Å². The molecule has 1 aromatic carbocycles. The highest BCUT2D eigenvalue weighted by Crippen LogP contribution is 2.24. The molecule has 0 radical (unpaired) electrons. The van der Waals surface area contributed by atoms with Crippen molar-refractivity contribution in [2.45, 2.75) is 26.3 Å². The van der Waals surface area contributed by atoms with Crippen LogP contribution < -0.4 is 5.56 Å². The fraction of sp³-hybridized carbons (Fsp3) is 0.267. The predicted octanol–water partition coefficient (Wildman–Crippen LogP) is 4.33. The molecular formula is C15H13Cl2N3OS. The second-order valence-electron chi connectivity index (χ2n) is 5.29. The Morgan fingerprint density at radius 3 is 2.77 bits per heavy atom. The highest BCUT2D eigenvalue weighted by atomic mass is 35.5. The summed E-state index contributed by atoms with van der Waals surface area (Å²) in [6, 6.07) is 3.17. The van der Waals surface area contributed by atoms with Crippen LogP contribution in [0.25, 0.3) is 10.9 Å². The molecule has 7 heteroatoms. The van der Waals surface area contributed by atoms with Crippen LogP contribution in [0.2, 0.25) is 10.0 Å². The van der Waals surface area contributed by atoms with Crippen LogP contribution in [0.1, 0.15) is 30.5 Å². The van der Waals surface area contributed by atoms with Crippen LogP contribution in [0.4, 0.5) is 0 Å². The predicted molar refractivity (Wildman–Crippen MR) is 91.3 cm³/mol. The lowest BCUT2D eigenvalue weighted by Gasteiger charge is -2.06. The Morgan fingerprint density at radius 1 is 1.32 bits per heavy atom. The number of rotatable bonds is 3. The molecule has 0 saturated carbocycles. The second kappa shape index (κ2) is 5.99. The average Bonchev–Trinajstić information content (AvgIpc) is 2.91. The molecule has 0 saturated heterocycles. The van der Waals surface area contributed by atoms with Crippen LogP contribution >= 0.6 is 34.5 Å². The molecule has 0 aliphatic rings. The topological polar surface area (TPSA) is 47.8 Å². The first-order valence-corrected chi connectivity index (χ1v) is 8.37. The first kappa shape index (κ1) is 15.5. The van der Waals surface area contributed by atoms with E-state index in [-0.39, 0.29) is 5.56 Å². The molecule has 3 rings (SSSR count). The van der Waals surface area contributed by atoms with E-state index in [1.165, 1.54) is 10.9 Å². The first-order valence-electron chi connectivity index (χ1n) is 6.74. The lowest BCUT2D eigenvalue weighted by atomic mass is 10.2. The van der Waals surface area contributed by atoms with Crippen molar-refractivity contribution in [2.75, 3.05) is 0 Å². The fourth-order valence-electron chi connectivity index (χ4n) is 2.14. The molecule has 2 aromatic heterocycles. The van der Waals surface area contributed by atoms with Gasteiger partial charge in [0, 0.05) is 16.3 Å². The monoisotopic (exact) mass is 353 g/mol. The number of halogens is 2. The van der Waals surface area contributed by atoms with Crippen LogP contribution in [0.5, 0.6) is 0 Å². The van der Waals surface area contributed by atoms with Crippen molar-refractivity contribution in [3.8, 4) is 0 Å². The maximum Gasteiger partial charge on any atom is 0.261 e. The van der Waals surface area contributed by atoms with Crippen molar-refractivity contribution in [2.24, 2.45) is 0 Å². The molecule has 3 aromatic rings. The Hall–Kier alpha value is -1.43. The lowest BCUT2D eigenvalue weighted by molar-refractivity contribution is 0.725. The zero-order valence-corrected chi connectivity index (χ0v) is 14.3. The first-order chi connectivity index (χ1) is 10.5. The highest BCUT2D eigenvalue weighted by molar-refractivity contribution is 7.09. The summed E-state index contributed by atoms with van der Waals surface area (Å²) >= 11 is 13.7. The van der Waals surface area contributed by atoms with Gasteiger partial charge in [-0.3, -0.25) is 9.36 Å². The van der Waals surface area contributed by atoms with Gasteiger partial charge in [0.05, 0.1) is 39.5 Å². The Kier molecular flexibility index (Phi) is 4.21. The normalized spacial score (nSPS) is 11.5. The zero-order valence-electron chi connectivity index (χ0n) is 12.0. The molecule has 0 aliphatic heterocycles. The molecule has 4 nitrogen and oxygen atoms in total. The summed E-state index contributed by atoms with van der Waals surface area (Å²) in [4.78, 5) is 21.4. The number of benzene rings is 1. The summed E-state index contributed by atoms with van der Waals surface area (Å²) < 4.78 is 1.52. The summed E-state index contributed by atoms with van der Waals surface area (Å²) in [7, 11) is 0. The van der Waals surface area contributed by atoms with Gasteiger partial charge in [0.1, 0.15) is 0 Å². The van der Waals surface area contributed by atoms with Crippen LogP contribution in [-0.4, -0.2) is 14.5 Å². The van der Waals surface area contributed by atoms with Crippen molar-refractivity contribution in [3.05, 3.63) is 54.9 Å². The number of thiazole rings is 1. The third-order valence-corrected chi connectivity index (χ3v) is 4.94. The van der Waals surface area contributed by atoms with Gasteiger partial charge in [0.25, 0.3) is 5.56 Å². The summed E-state index contributed by atoms with van der Waals surface area (Å²) in [5, 5.41) is 4.24. The minimum Gasteiger partial charge on any atom is -0.293 e. The minimum atomic E-state index is -0.173. The third-order valence-electron chi connectivity index (χ3n) is 3.24. The van der Waals surface area contributed by atoms with Crippen molar-refractivity contribution in [1.82, 2.24) is 14.5 Å². The van der Waals surface area contributed by atoms with E-state index >= 15 is 0 Å². The molecule has 2 heterocycles. The molecule has 0 unspecified atom stereocenters. The number of hydrogen-bond donors (Lipinski definition) is 0. The molecule has 0 bridgehead atoms. The highest BCUT2D eigenvalue weighted by Gasteiger charge is 2.11. The molecule has 0 amide bonds. The van der Waals surface area contributed by atoms with Gasteiger partial charge in [0.2, 0.25) is 0 Å². The van der Waals surface area contributed by atoms with Crippen LogP contribution in [0, 0.1) is 0 Å². The standard InChI is InChI=1S/C15H13Cl2N3OS/c1-8(2)14-19-10(6-22-14)5-20-7-18-13-11(15(20)21)3-9(16)4-12(13)17/h3-4,6-8H,5H2,1-2H3.